The van der Waals surface area contributed by atoms with Gasteiger partial charge in [0.25, 0.3) is 0 Å². The lowest BCUT2D eigenvalue weighted by Crippen LogP contribution is -2.37. The van der Waals surface area contributed by atoms with Crippen LogP contribution in [0.5, 0.6) is 0 Å². The van der Waals surface area contributed by atoms with Gasteiger partial charge in [0.15, 0.2) is 0 Å². The van der Waals surface area contributed by atoms with E-state index in [1.807, 2.05) is 6.92 Å². The standard InChI is InChI=1S/C16H27N3O2S/c1-4-21-12(2)16-18-15(11-22-16)10-19-7-5-14(6-8-19)9-17-13(3)20/h11-12,14H,4-10H2,1-3H3,(H,17,20)/t12-/m0/s1. The third kappa shape index (κ3) is 5.34. The fourth-order valence-electron chi connectivity index (χ4n) is 2.77. The maximum Gasteiger partial charge on any atom is 0.216 e. The minimum Gasteiger partial charge on any atom is -0.372 e. The molecule has 0 saturated carbocycles. The number of rotatable bonds is 7. The van der Waals surface area contributed by atoms with Gasteiger partial charge in [-0.25, -0.2) is 4.98 Å². The van der Waals surface area contributed by atoms with Gasteiger partial charge in [-0.2, -0.15) is 0 Å². The molecule has 22 heavy (non-hydrogen) atoms. The molecule has 1 amide bonds. The van der Waals surface area contributed by atoms with Gasteiger partial charge >= 0.3 is 0 Å². The summed E-state index contributed by atoms with van der Waals surface area (Å²) in [7, 11) is 0. The summed E-state index contributed by atoms with van der Waals surface area (Å²) in [4.78, 5) is 18.1. The molecule has 0 unspecified atom stereocenters. The monoisotopic (exact) mass is 325 g/mol. The zero-order valence-electron chi connectivity index (χ0n) is 13.8. The van der Waals surface area contributed by atoms with Crippen molar-refractivity contribution >= 4 is 17.2 Å². The zero-order chi connectivity index (χ0) is 15.9. The summed E-state index contributed by atoms with van der Waals surface area (Å²) in [5.41, 5.74) is 1.15. The van der Waals surface area contributed by atoms with Crippen molar-refractivity contribution < 1.29 is 9.53 Å². The first-order valence-corrected chi connectivity index (χ1v) is 8.99. The molecule has 0 spiro atoms. The largest absolute Gasteiger partial charge is 0.372 e. The van der Waals surface area contributed by atoms with Crippen LogP contribution in [0.25, 0.3) is 0 Å². The first-order chi connectivity index (χ1) is 10.6. The van der Waals surface area contributed by atoms with E-state index in [0.29, 0.717) is 5.92 Å². The summed E-state index contributed by atoms with van der Waals surface area (Å²) in [5.74, 6) is 0.685. The average molecular weight is 325 g/mol. The minimum atomic E-state index is 0.0702. The van der Waals surface area contributed by atoms with E-state index in [0.717, 1.165) is 56.3 Å². The Morgan fingerprint density at radius 3 is 2.91 bits per heavy atom. The number of hydrogen-bond donors (Lipinski definition) is 1. The Labute approximate surface area is 137 Å². The van der Waals surface area contributed by atoms with Crippen LogP contribution in [-0.2, 0) is 16.1 Å². The Bertz CT molecular complexity index is 470. The van der Waals surface area contributed by atoms with Gasteiger partial charge in [-0.15, -0.1) is 11.3 Å². The van der Waals surface area contributed by atoms with Gasteiger partial charge in [0.2, 0.25) is 5.91 Å². The molecule has 1 aromatic rings. The van der Waals surface area contributed by atoms with Crippen molar-refractivity contribution in [3.63, 3.8) is 0 Å². The molecule has 1 aromatic heterocycles. The van der Waals surface area contributed by atoms with Crippen molar-refractivity contribution in [2.45, 2.75) is 46.3 Å². The van der Waals surface area contributed by atoms with Gasteiger partial charge in [0, 0.05) is 32.0 Å². The fraction of sp³-hybridized carbons (Fsp3) is 0.750. The van der Waals surface area contributed by atoms with Crippen LogP contribution in [0, 0.1) is 5.92 Å². The van der Waals surface area contributed by atoms with E-state index in [2.05, 4.69) is 22.5 Å². The predicted molar refractivity (Wildman–Crippen MR) is 88.8 cm³/mol. The molecule has 0 bridgehead atoms. The lowest BCUT2D eigenvalue weighted by molar-refractivity contribution is -0.119. The highest BCUT2D eigenvalue weighted by Gasteiger charge is 2.20. The first-order valence-electron chi connectivity index (χ1n) is 8.11. The summed E-state index contributed by atoms with van der Waals surface area (Å²) in [6.45, 7) is 10.3. The first kappa shape index (κ1) is 17.4. The number of carbonyl (C=O) groups is 1. The second kappa shape index (κ2) is 8.60. The topological polar surface area (TPSA) is 54.5 Å². The Kier molecular flexibility index (Phi) is 6.79. The number of ether oxygens (including phenoxy) is 1. The predicted octanol–water partition coefficient (Wildman–Crippen LogP) is 2.59. The normalized spacial score (nSPS) is 18.3. The number of hydrogen-bond acceptors (Lipinski definition) is 5. The van der Waals surface area contributed by atoms with Gasteiger partial charge in [0.05, 0.1) is 5.69 Å². The molecule has 0 aromatic carbocycles. The number of nitrogens with one attached hydrogen (secondary N) is 1. The number of aromatic nitrogens is 1. The third-order valence-corrected chi connectivity index (χ3v) is 5.12. The Morgan fingerprint density at radius 1 is 1.55 bits per heavy atom. The molecule has 2 heterocycles. The molecule has 1 N–H and O–H groups in total. The molecule has 6 heteroatoms. The van der Waals surface area contributed by atoms with Gasteiger partial charge in [-0.1, -0.05) is 0 Å². The highest BCUT2D eigenvalue weighted by atomic mass is 32.1. The molecule has 5 nitrogen and oxygen atoms in total. The summed E-state index contributed by atoms with van der Waals surface area (Å²) in [6.07, 6.45) is 2.38. The number of carbonyl (C=O) groups excluding carboxylic acids is 1. The van der Waals surface area contributed by atoms with Crippen LogP contribution in [0.3, 0.4) is 0 Å². The van der Waals surface area contributed by atoms with Crippen LogP contribution < -0.4 is 5.32 Å². The van der Waals surface area contributed by atoms with Crippen molar-refractivity contribution in [2.24, 2.45) is 5.92 Å². The third-order valence-electron chi connectivity index (χ3n) is 4.07. The molecule has 1 atom stereocenters. The van der Waals surface area contributed by atoms with Gasteiger partial charge in [-0.05, 0) is 45.7 Å². The van der Waals surface area contributed by atoms with Crippen LogP contribution in [0.1, 0.15) is 50.4 Å². The molecular formula is C16H27N3O2S. The van der Waals surface area contributed by atoms with E-state index >= 15 is 0 Å². The second-order valence-electron chi connectivity index (χ2n) is 5.93. The van der Waals surface area contributed by atoms with Crippen LogP contribution in [-0.4, -0.2) is 42.0 Å². The Balaban J connectivity index is 1.75. The Morgan fingerprint density at radius 2 is 2.27 bits per heavy atom. The van der Waals surface area contributed by atoms with Crippen molar-refractivity contribution in [3.05, 3.63) is 16.1 Å². The number of likely N-dealkylation sites (tertiary alicyclic amines) is 1. The molecule has 0 radical (unpaired) electrons. The van der Waals surface area contributed by atoms with Crippen LogP contribution in [0.2, 0.25) is 0 Å². The van der Waals surface area contributed by atoms with E-state index in [-0.39, 0.29) is 12.0 Å². The summed E-state index contributed by atoms with van der Waals surface area (Å²) < 4.78 is 5.59. The van der Waals surface area contributed by atoms with E-state index in [1.54, 1.807) is 18.3 Å². The van der Waals surface area contributed by atoms with E-state index in [9.17, 15) is 4.79 Å². The van der Waals surface area contributed by atoms with Crippen LogP contribution in [0.15, 0.2) is 5.38 Å². The molecule has 1 aliphatic rings. The Hall–Kier alpha value is -0.980. The highest BCUT2D eigenvalue weighted by molar-refractivity contribution is 7.09. The SMILES string of the molecule is CCO[C@@H](C)c1nc(CN2CCC(CNC(C)=O)CC2)cs1. The maximum absolute atomic E-state index is 11.0. The van der Waals surface area contributed by atoms with Gasteiger partial charge in [0.1, 0.15) is 11.1 Å². The summed E-state index contributed by atoms with van der Waals surface area (Å²) in [5, 5.41) is 6.14. The van der Waals surface area contributed by atoms with Gasteiger partial charge in [-0.3, -0.25) is 9.69 Å². The van der Waals surface area contributed by atoms with Crippen molar-refractivity contribution in [2.75, 3.05) is 26.2 Å². The van der Waals surface area contributed by atoms with Crippen molar-refractivity contribution in [3.8, 4) is 0 Å². The molecule has 1 aliphatic heterocycles. The molecule has 0 aliphatic carbocycles. The molecule has 124 valence electrons. The number of piperidine rings is 1. The molecule has 1 fully saturated rings. The smallest absolute Gasteiger partial charge is 0.216 e. The quantitative estimate of drug-likeness (QED) is 0.837. The highest BCUT2D eigenvalue weighted by Crippen LogP contribution is 2.23. The average Bonchev–Trinajstić information content (AvgIpc) is 2.95. The van der Waals surface area contributed by atoms with Crippen LogP contribution >= 0.6 is 11.3 Å². The number of nitrogens with zero attached hydrogens (tertiary/aromatic N) is 2. The number of thiazole rings is 1. The van der Waals surface area contributed by atoms with Crippen LogP contribution in [0.4, 0.5) is 0 Å². The summed E-state index contributed by atoms with van der Waals surface area (Å²) >= 11 is 1.69. The second-order valence-corrected chi connectivity index (χ2v) is 6.82. The fourth-order valence-corrected chi connectivity index (χ4v) is 3.58. The van der Waals surface area contributed by atoms with E-state index in [4.69, 9.17) is 9.72 Å². The summed E-state index contributed by atoms with van der Waals surface area (Å²) in [6, 6.07) is 0. The number of amides is 1. The lowest BCUT2D eigenvalue weighted by atomic mass is 9.97. The molecule has 2 rings (SSSR count). The lowest BCUT2D eigenvalue weighted by Gasteiger charge is -2.31. The van der Waals surface area contributed by atoms with Crippen molar-refractivity contribution in [1.29, 1.82) is 0 Å². The molecular weight excluding hydrogens is 298 g/mol. The molecule has 1 saturated heterocycles. The maximum atomic E-state index is 11.0. The van der Waals surface area contributed by atoms with Crippen molar-refractivity contribution in [1.82, 2.24) is 15.2 Å². The zero-order valence-corrected chi connectivity index (χ0v) is 14.6. The van der Waals surface area contributed by atoms with Gasteiger partial charge < -0.3 is 10.1 Å². The van der Waals surface area contributed by atoms with E-state index < -0.39 is 0 Å². The minimum absolute atomic E-state index is 0.0702. The van der Waals surface area contributed by atoms with E-state index in [1.165, 1.54) is 0 Å².